The molecule has 1 aliphatic heterocycles. The number of furan rings is 1. The van der Waals surface area contributed by atoms with Gasteiger partial charge in [0.15, 0.2) is 17.3 Å². The molecule has 0 aromatic carbocycles. The predicted molar refractivity (Wildman–Crippen MR) is 88.1 cm³/mol. The van der Waals surface area contributed by atoms with Gasteiger partial charge in [0.1, 0.15) is 11.8 Å². The van der Waals surface area contributed by atoms with Crippen LogP contribution in [0.4, 0.5) is 5.82 Å². The zero-order valence-electron chi connectivity index (χ0n) is 14.0. The van der Waals surface area contributed by atoms with Crippen molar-refractivity contribution in [3.63, 3.8) is 0 Å². The molecule has 1 saturated heterocycles. The second kappa shape index (κ2) is 6.51. The SMILES string of the molecule is Cc1cc(NC(=O)[C@@H]2CCCN2C(=O)c2cc(-c3ccco3)on2)no1. The summed E-state index contributed by atoms with van der Waals surface area (Å²) >= 11 is 0. The third-order valence-electron chi connectivity index (χ3n) is 4.19. The summed E-state index contributed by atoms with van der Waals surface area (Å²) in [5, 5.41) is 10.2. The Labute approximate surface area is 147 Å². The lowest BCUT2D eigenvalue weighted by molar-refractivity contribution is -0.119. The average Bonchev–Trinajstić information content (AvgIpc) is 3.40. The van der Waals surface area contributed by atoms with Gasteiger partial charge in [-0.25, -0.2) is 0 Å². The van der Waals surface area contributed by atoms with Crippen molar-refractivity contribution in [1.82, 2.24) is 15.2 Å². The van der Waals surface area contributed by atoms with Gasteiger partial charge in [-0.2, -0.15) is 0 Å². The maximum atomic E-state index is 12.8. The van der Waals surface area contributed by atoms with Crippen LogP contribution in [0.3, 0.4) is 0 Å². The third kappa shape index (κ3) is 2.99. The fraction of sp³-hybridized carbons (Fsp3) is 0.294. The molecule has 134 valence electrons. The standard InChI is InChI=1S/C17H16N4O5/c1-10-8-15(20-25-10)18-16(22)12-4-2-6-21(12)17(23)11-9-14(26-19-11)13-5-3-7-24-13/h3,5,7-9,12H,2,4,6H2,1H3,(H,18,20,22)/t12-/m0/s1. The third-order valence-corrected chi connectivity index (χ3v) is 4.19. The van der Waals surface area contributed by atoms with Gasteiger partial charge in [0, 0.05) is 18.7 Å². The number of rotatable bonds is 4. The highest BCUT2D eigenvalue weighted by Crippen LogP contribution is 2.25. The minimum atomic E-state index is -0.594. The quantitative estimate of drug-likeness (QED) is 0.763. The van der Waals surface area contributed by atoms with Crippen LogP contribution < -0.4 is 5.32 Å². The first-order chi connectivity index (χ1) is 12.6. The van der Waals surface area contributed by atoms with Gasteiger partial charge in [-0.05, 0) is 31.9 Å². The fourth-order valence-corrected chi connectivity index (χ4v) is 2.98. The molecule has 3 aromatic rings. The highest BCUT2D eigenvalue weighted by atomic mass is 16.5. The Bertz CT molecular complexity index is 927. The smallest absolute Gasteiger partial charge is 0.276 e. The molecule has 0 aliphatic carbocycles. The Balaban J connectivity index is 1.49. The Kier molecular flexibility index (Phi) is 4.04. The van der Waals surface area contributed by atoms with Gasteiger partial charge in [-0.3, -0.25) is 9.59 Å². The predicted octanol–water partition coefficient (Wildman–Crippen LogP) is 2.47. The van der Waals surface area contributed by atoms with Crippen molar-refractivity contribution in [1.29, 1.82) is 0 Å². The van der Waals surface area contributed by atoms with Crippen molar-refractivity contribution in [2.45, 2.75) is 25.8 Å². The maximum absolute atomic E-state index is 12.8. The van der Waals surface area contributed by atoms with Gasteiger partial charge in [-0.1, -0.05) is 10.3 Å². The van der Waals surface area contributed by atoms with Gasteiger partial charge in [-0.15, -0.1) is 0 Å². The molecule has 0 saturated carbocycles. The number of hydrogen-bond acceptors (Lipinski definition) is 7. The highest BCUT2D eigenvalue weighted by molar-refractivity contribution is 6.00. The first-order valence-electron chi connectivity index (χ1n) is 8.17. The number of carbonyl (C=O) groups excluding carboxylic acids is 2. The molecule has 0 radical (unpaired) electrons. The van der Waals surface area contributed by atoms with E-state index in [0.717, 1.165) is 6.42 Å². The van der Waals surface area contributed by atoms with Gasteiger partial charge < -0.3 is 23.7 Å². The van der Waals surface area contributed by atoms with Crippen LogP contribution in [-0.4, -0.2) is 39.6 Å². The van der Waals surface area contributed by atoms with Crippen LogP contribution in [0.5, 0.6) is 0 Å². The number of aromatic nitrogens is 2. The number of amides is 2. The summed E-state index contributed by atoms with van der Waals surface area (Å²) < 4.78 is 15.3. The molecule has 4 heterocycles. The van der Waals surface area contributed by atoms with Crippen molar-refractivity contribution in [3.05, 3.63) is 42.0 Å². The van der Waals surface area contributed by atoms with E-state index in [9.17, 15) is 9.59 Å². The topological polar surface area (TPSA) is 115 Å². The molecule has 1 atom stereocenters. The second-order valence-corrected chi connectivity index (χ2v) is 6.02. The van der Waals surface area contributed by atoms with E-state index in [2.05, 4.69) is 15.6 Å². The zero-order valence-corrected chi connectivity index (χ0v) is 14.0. The maximum Gasteiger partial charge on any atom is 0.276 e. The molecule has 1 N–H and O–H groups in total. The van der Waals surface area contributed by atoms with Gasteiger partial charge in [0.2, 0.25) is 11.7 Å². The average molecular weight is 356 g/mol. The summed E-state index contributed by atoms with van der Waals surface area (Å²) in [7, 11) is 0. The number of nitrogens with zero attached hydrogens (tertiary/aromatic N) is 3. The first-order valence-corrected chi connectivity index (χ1v) is 8.17. The van der Waals surface area contributed by atoms with Crippen LogP contribution >= 0.6 is 0 Å². The van der Waals surface area contributed by atoms with E-state index >= 15 is 0 Å². The van der Waals surface area contributed by atoms with Gasteiger partial charge >= 0.3 is 0 Å². The normalized spacial score (nSPS) is 16.8. The summed E-state index contributed by atoms with van der Waals surface area (Å²) in [5.41, 5.74) is 0.133. The fourth-order valence-electron chi connectivity index (χ4n) is 2.98. The first kappa shape index (κ1) is 16.1. The number of aryl methyl sites for hydroxylation is 1. The molecule has 26 heavy (non-hydrogen) atoms. The number of likely N-dealkylation sites (tertiary alicyclic amines) is 1. The van der Waals surface area contributed by atoms with Crippen molar-refractivity contribution in [2.75, 3.05) is 11.9 Å². The molecule has 1 aliphatic rings. The molecular formula is C17H16N4O5. The molecule has 3 aromatic heterocycles. The lowest BCUT2D eigenvalue weighted by Gasteiger charge is -2.22. The van der Waals surface area contributed by atoms with Gasteiger partial charge in [0.25, 0.3) is 5.91 Å². The summed E-state index contributed by atoms with van der Waals surface area (Å²) in [6.45, 7) is 2.20. The van der Waals surface area contributed by atoms with E-state index in [4.69, 9.17) is 13.5 Å². The van der Waals surface area contributed by atoms with Crippen molar-refractivity contribution in [3.8, 4) is 11.5 Å². The van der Waals surface area contributed by atoms with Gasteiger partial charge in [0.05, 0.1) is 6.26 Å². The van der Waals surface area contributed by atoms with E-state index in [1.807, 2.05) is 0 Å². The summed E-state index contributed by atoms with van der Waals surface area (Å²) in [6.07, 6.45) is 2.80. The van der Waals surface area contributed by atoms with Crippen LogP contribution in [0.15, 0.2) is 44.0 Å². The minimum absolute atomic E-state index is 0.133. The Morgan fingerprint density at radius 2 is 2.12 bits per heavy atom. The lowest BCUT2D eigenvalue weighted by atomic mass is 10.2. The van der Waals surface area contributed by atoms with E-state index in [1.165, 1.54) is 17.2 Å². The molecule has 9 heteroatoms. The van der Waals surface area contributed by atoms with Crippen LogP contribution in [-0.2, 0) is 4.79 Å². The van der Waals surface area contributed by atoms with Crippen LogP contribution in [0, 0.1) is 6.92 Å². The molecule has 0 bridgehead atoms. The lowest BCUT2D eigenvalue weighted by Crippen LogP contribution is -2.43. The number of nitrogens with one attached hydrogen (secondary N) is 1. The molecule has 0 spiro atoms. The summed E-state index contributed by atoms with van der Waals surface area (Å²) in [5.74, 6) is 1.09. The summed E-state index contributed by atoms with van der Waals surface area (Å²) in [6, 6.07) is 5.96. The van der Waals surface area contributed by atoms with Crippen LogP contribution in [0.1, 0.15) is 29.1 Å². The van der Waals surface area contributed by atoms with E-state index in [-0.39, 0.29) is 17.5 Å². The number of carbonyl (C=O) groups is 2. The van der Waals surface area contributed by atoms with E-state index in [0.29, 0.717) is 36.1 Å². The van der Waals surface area contributed by atoms with Crippen molar-refractivity contribution < 1.29 is 23.1 Å². The largest absolute Gasteiger partial charge is 0.461 e. The van der Waals surface area contributed by atoms with E-state index in [1.54, 1.807) is 25.1 Å². The minimum Gasteiger partial charge on any atom is -0.461 e. The van der Waals surface area contributed by atoms with Crippen molar-refractivity contribution >= 4 is 17.6 Å². The number of anilines is 1. The molecule has 1 fully saturated rings. The molecule has 9 nitrogen and oxygen atoms in total. The second-order valence-electron chi connectivity index (χ2n) is 6.02. The monoisotopic (exact) mass is 356 g/mol. The Morgan fingerprint density at radius 3 is 2.85 bits per heavy atom. The molecule has 2 amide bonds. The molecular weight excluding hydrogens is 340 g/mol. The van der Waals surface area contributed by atoms with Crippen molar-refractivity contribution in [2.24, 2.45) is 0 Å². The molecule has 0 unspecified atom stereocenters. The Morgan fingerprint density at radius 1 is 1.23 bits per heavy atom. The Hall–Kier alpha value is -3.36. The van der Waals surface area contributed by atoms with Crippen LogP contribution in [0.25, 0.3) is 11.5 Å². The summed E-state index contributed by atoms with van der Waals surface area (Å²) in [4.78, 5) is 26.8. The zero-order chi connectivity index (χ0) is 18.1. The van der Waals surface area contributed by atoms with Crippen LogP contribution in [0.2, 0.25) is 0 Å². The highest BCUT2D eigenvalue weighted by Gasteiger charge is 2.36. The molecule has 4 rings (SSSR count). The number of hydrogen-bond donors (Lipinski definition) is 1. The van der Waals surface area contributed by atoms with E-state index < -0.39 is 6.04 Å².